The van der Waals surface area contributed by atoms with Crippen molar-refractivity contribution in [2.45, 2.75) is 12.5 Å². The highest BCUT2D eigenvalue weighted by atomic mass is 16.3. The number of likely N-dealkylation sites (tertiary alicyclic amines) is 1. The third-order valence-corrected chi connectivity index (χ3v) is 3.91. The summed E-state index contributed by atoms with van der Waals surface area (Å²) in [6, 6.07) is 3.79. The zero-order chi connectivity index (χ0) is 15.7. The fourth-order valence-corrected chi connectivity index (χ4v) is 2.69. The van der Waals surface area contributed by atoms with Crippen molar-refractivity contribution >= 4 is 5.91 Å². The number of rotatable bonds is 3. The molecule has 2 aromatic heterocycles. The van der Waals surface area contributed by atoms with Gasteiger partial charge in [0.1, 0.15) is 0 Å². The van der Waals surface area contributed by atoms with Gasteiger partial charge in [-0.15, -0.1) is 5.10 Å². The van der Waals surface area contributed by atoms with Crippen molar-refractivity contribution in [3.63, 3.8) is 0 Å². The van der Waals surface area contributed by atoms with Crippen molar-refractivity contribution in [3.05, 3.63) is 46.4 Å². The molecule has 1 fully saturated rings. The molecule has 3 rings (SSSR count). The largest absolute Gasteiger partial charge is 0.391 e. The molecule has 0 aliphatic carbocycles. The van der Waals surface area contributed by atoms with Crippen LogP contribution < -0.4 is 5.69 Å². The molecule has 3 heterocycles. The lowest BCUT2D eigenvalue weighted by atomic mass is 9.97. The highest BCUT2D eigenvalue weighted by molar-refractivity contribution is 5.90. The first-order valence-corrected chi connectivity index (χ1v) is 7.04. The molecule has 2 atom stereocenters. The van der Waals surface area contributed by atoms with E-state index in [0.29, 0.717) is 13.0 Å². The minimum atomic E-state index is -0.590. The number of pyridine rings is 1. The zero-order valence-electron chi connectivity index (χ0n) is 12.1. The van der Waals surface area contributed by atoms with Gasteiger partial charge in [-0.2, -0.15) is 0 Å². The van der Waals surface area contributed by atoms with Gasteiger partial charge in [0.15, 0.2) is 0 Å². The number of hydrogen-bond donors (Lipinski definition) is 2. The molecule has 0 saturated carbocycles. The van der Waals surface area contributed by atoms with Gasteiger partial charge in [0, 0.05) is 38.4 Å². The summed E-state index contributed by atoms with van der Waals surface area (Å²) in [7, 11) is 1.47. The van der Waals surface area contributed by atoms with Gasteiger partial charge >= 0.3 is 5.69 Å². The van der Waals surface area contributed by atoms with Crippen LogP contribution in [0.25, 0.3) is 0 Å². The average Bonchev–Trinajstić information content (AvgIpc) is 3.03. The van der Waals surface area contributed by atoms with E-state index in [9.17, 15) is 14.7 Å². The Kier molecular flexibility index (Phi) is 3.76. The number of aromatic amines is 1. The van der Waals surface area contributed by atoms with Crippen molar-refractivity contribution in [3.8, 4) is 0 Å². The lowest BCUT2D eigenvalue weighted by Gasteiger charge is -2.14. The van der Waals surface area contributed by atoms with Crippen LogP contribution in [0.4, 0.5) is 0 Å². The summed E-state index contributed by atoms with van der Waals surface area (Å²) in [5.41, 5.74) is 0.635. The second-order valence-electron chi connectivity index (χ2n) is 5.50. The standard InChI is InChI=1S/C14H17N5O3/c1-18-14(22)16-12(17-18)13(21)19-7-10(11(20)8-19)6-9-2-4-15-5-3-9/h2-5,10-11,20H,6-8H2,1H3,(H,16,17,22)/t10-,11+/m1/s1. The molecule has 8 heteroatoms. The number of aromatic nitrogens is 4. The van der Waals surface area contributed by atoms with Crippen LogP contribution in [0, 0.1) is 5.92 Å². The summed E-state index contributed by atoms with van der Waals surface area (Å²) in [6.07, 6.45) is 3.50. The van der Waals surface area contributed by atoms with Crippen LogP contribution in [-0.4, -0.2) is 54.9 Å². The van der Waals surface area contributed by atoms with E-state index < -0.39 is 11.8 Å². The highest BCUT2D eigenvalue weighted by Gasteiger charge is 2.35. The van der Waals surface area contributed by atoms with Gasteiger partial charge in [0.2, 0.25) is 5.82 Å². The van der Waals surface area contributed by atoms with Crippen LogP contribution in [0.2, 0.25) is 0 Å². The molecular formula is C14H17N5O3. The van der Waals surface area contributed by atoms with E-state index in [1.54, 1.807) is 12.4 Å². The molecule has 1 aliphatic rings. The van der Waals surface area contributed by atoms with Gasteiger partial charge < -0.3 is 10.0 Å². The van der Waals surface area contributed by atoms with Crippen LogP contribution in [0.5, 0.6) is 0 Å². The quantitative estimate of drug-likeness (QED) is 0.771. The van der Waals surface area contributed by atoms with Gasteiger partial charge in [-0.3, -0.25) is 14.8 Å². The third-order valence-electron chi connectivity index (χ3n) is 3.91. The maximum absolute atomic E-state index is 12.3. The Balaban J connectivity index is 1.70. The molecular weight excluding hydrogens is 286 g/mol. The Bertz CT molecular complexity index is 724. The maximum atomic E-state index is 12.3. The zero-order valence-corrected chi connectivity index (χ0v) is 12.1. The van der Waals surface area contributed by atoms with Crippen LogP contribution in [-0.2, 0) is 13.5 Å². The van der Waals surface area contributed by atoms with Gasteiger partial charge in [-0.05, 0) is 24.1 Å². The van der Waals surface area contributed by atoms with Crippen LogP contribution in [0.1, 0.15) is 16.2 Å². The van der Waals surface area contributed by atoms with E-state index in [0.717, 1.165) is 10.2 Å². The Morgan fingerprint density at radius 3 is 2.77 bits per heavy atom. The topological polar surface area (TPSA) is 104 Å². The van der Waals surface area contributed by atoms with Crippen molar-refractivity contribution < 1.29 is 9.90 Å². The number of β-amino-alcohol motifs (C(OH)–C–C–N with tert-alkyl or cyclic N) is 1. The molecule has 0 radical (unpaired) electrons. The molecule has 116 valence electrons. The average molecular weight is 303 g/mol. The van der Waals surface area contributed by atoms with Gasteiger partial charge in [-0.1, -0.05) is 0 Å². The first-order chi connectivity index (χ1) is 10.5. The minimum Gasteiger partial charge on any atom is -0.391 e. The molecule has 1 amide bonds. The predicted octanol–water partition coefficient (Wildman–Crippen LogP) is -0.821. The fourth-order valence-electron chi connectivity index (χ4n) is 2.69. The number of carbonyl (C=O) groups excluding carboxylic acids is 1. The normalized spacial score (nSPS) is 21.3. The van der Waals surface area contributed by atoms with Gasteiger partial charge in [0.05, 0.1) is 6.10 Å². The van der Waals surface area contributed by atoms with Crippen LogP contribution in [0.15, 0.2) is 29.3 Å². The van der Waals surface area contributed by atoms with Crippen molar-refractivity contribution in [1.29, 1.82) is 0 Å². The SMILES string of the molecule is Cn1nc(C(=O)N2C[C@@H](Cc3ccncc3)[C@@H](O)C2)[nH]c1=O. The van der Waals surface area contributed by atoms with E-state index >= 15 is 0 Å². The number of nitrogens with zero attached hydrogens (tertiary/aromatic N) is 4. The van der Waals surface area contributed by atoms with E-state index in [-0.39, 0.29) is 24.2 Å². The molecule has 8 nitrogen and oxygen atoms in total. The summed E-state index contributed by atoms with van der Waals surface area (Å²) < 4.78 is 1.08. The number of hydrogen-bond acceptors (Lipinski definition) is 5. The van der Waals surface area contributed by atoms with E-state index in [4.69, 9.17) is 0 Å². The summed E-state index contributed by atoms with van der Waals surface area (Å²) in [5.74, 6) is -0.403. The molecule has 22 heavy (non-hydrogen) atoms. The number of aliphatic hydroxyl groups is 1. The van der Waals surface area contributed by atoms with Crippen LogP contribution >= 0.6 is 0 Å². The van der Waals surface area contributed by atoms with E-state index in [1.807, 2.05) is 12.1 Å². The van der Waals surface area contributed by atoms with Crippen LogP contribution in [0.3, 0.4) is 0 Å². The lowest BCUT2D eigenvalue weighted by Crippen LogP contribution is -2.30. The van der Waals surface area contributed by atoms with Crippen molar-refractivity contribution in [2.24, 2.45) is 13.0 Å². The summed E-state index contributed by atoms with van der Waals surface area (Å²) in [4.78, 5) is 31.6. The fraction of sp³-hybridized carbons (Fsp3) is 0.429. The molecule has 0 bridgehead atoms. The summed E-state index contributed by atoms with van der Waals surface area (Å²) >= 11 is 0. The second-order valence-corrected chi connectivity index (χ2v) is 5.50. The lowest BCUT2D eigenvalue weighted by molar-refractivity contribution is 0.0752. The van der Waals surface area contributed by atoms with Gasteiger partial charge in [-0.25, -0.2) is 9.48 Å². The second kappa shape index (κ2) is 5.72. The number of aryl methyl sites for hydroxylation is 1. The first-order valence-electron chi connectivity index (χ1n) is 7.04. The number of carbonyl (C=O) groups is 1. The Labute approximate surface area is 126 Å². The predicted molar refractivity (Wildman–Crippen MR) is 77.2 cm³/mol. The minimum absolute atomic E-state index is 0.00395. The molecule has 2 N–H and O–H groups in total. The van der Waals surface area contributed by atoms with E-state index in [2.05, 4.69) is 15.1 Å². The summed E-state index contributed by atoms with van der Waals surface area (Å²) in [6.45, 7) is 0.675. The summed E-state index contributed by atoms with van der Waals surface area (Å²) in [5, 5.41) is 14.0. The number of nitrogens with one attached hydrogen (secondary N) is 1. The number of amides is 1. The third kappa shape index (κ3) is 2.77. The molecule has 1 aliphatic heterocycles. The van der Waals surface area contributed by atoms with Gasteiger partial charge in [0.25, 0.3) is 5.91 Å². The number of aliphatic hydroxyl groups excluding tert-OH is 1. The monoisotopic (exact) mass is 303 g/mol. The molecule has 0 unspecified atom stereocenters. The number of H-pyrrole nitrogens is 1. The first kappa shape index (κ1) is 14.5. The molecule has 0 aromatic carbocycles. The molecule has 0 spiro atoms. The maximum Gasteiger partial charge on any atom is 0.343 e. The smallest absolute Gasteiger partial charge is 0.343 e. The highest BCUT2D eigenvalue weighted by Crippen LogP contribution is 2.22. The molecule has 2 aromatic rings. The molecule has 1 saturated heterocycles. The van der Waals surface area contributed by atoms with Crippen molar-refractivity contribution in [1.82, 2.24) is 24.6 Å². The Hall–Kier alpha value is -2.48. The van der Waals surface area contributed by atoms with E-state index in [1.165, 1.54) is 11.9 Å². The van der Waals surface area contributed by atoms with Crippen molar-refractivity contribution in [2.75, 3.05) is 13.1 Å². The Morgan fingerprint density at radius 1 is 1.41 bits per heavy atom. The Morgan fingerprint density at radius 2 is 2.14 bits per heavy atom.